The SMILES string of the molecule is Oc1cccc2ncnc(N(Cl)Cl)c12. The highest BCUT2D eigenvalue weighted by Crippen LogP contribution is 2.32. The van der Waals surface area contributed by atoms with Crippen molar-refractivity contribution >= 4 is 40.3 Å². The van der Waals surface area contributed by atoms with Crippen molar-refractivity contribution in [3.63, 3.8) is 0 Å². The molecule has 1 N–H and O–H groups in total. The van der Waals surface area contributed by atoms with Crippen LogP contribution in [-0.2, 0) is 0 Å². The van der Waals surface area contributed by atoms with Crippen LogP contribution in [0.15, 0.2) is 24.5 Å². The third-order valence-electron chi connectivity index (χ3n) is 1.78. The van der Waals surface area contributed by atoms with Gasteiger partial charge in [0.1, 0.15) is 12.1 Å². The summed E-state index contributed by atoms with van der Waals surface area (Å²) in [6.45, 7) is 0. The van der Waals surface area contributed by atoms with Crippen LogP contribution in [0.25, 0.3) is 10.9 Å². The summed E-state index contributed by atoms with van der Waals surface area (Å²) in [5.41, 5.74) is 0.585. The maximum Gasteiger partial charge on any atom is 0.174 e. The van der Waals surface area contributed by atoms with E-state index in [2.05, 4.69) is 9.97 Å². The molecule has 0 aliphatic heterocycles. The van der Waals surface area contributed by atoms with E-state index >= 15 is 0 Å². The predicted molar refractivity (Wildman–Crippen MR) is 55.4 cm³/mol. The van der Waals surface area contributed by atoms with E-state index in [-0.39, 0.29) is 11.6 Å². The highest BCUT2D eigenvalue weighted by atomic mass is 35.5. The first kappa shape index (κ1) is 9.30. The highest BCUT2D eigenvalue weighted by Gasteiger charge is 2.11. The van der Waals surface area contributed by atoms with E-state index in [4.69, 9.17) is 23.6 Å². The molecule has 4 nitrogen and oxygen atoms in total. The van der Waals surface area contributed by atoms with Crippen molar-refractivity contribution in [2.75, 3.05) is 3.94 Å². The molecule has 0 bridgehead atoms. The molecule has 6 heteroatoms. The van der Waals surface area contributed by atoms with Crippen LogP contribution in [0, 0.1) is 0 Å². The van der Waals surface area contributed by atoms with Crippen molar-refractivity contribution in [3.05, 3.63) is 24.5 Å². The Balaban J connectivity index is 2.84. The molecule has 0 radical (unpaired) electrons. The Morgan fingerprint density at radius 2 is 2.00 bits per heavy atom. The summed E-state index contributed by atoms with van der Waals surface area (Å²) >= 11 is 11.1. The van der Waals surface area contributed by atoms with E-state index < -0.39 is 0 Å². The van der Waals surface area contributed by atoms with E-state index in [1.54, 1.807) is 12.1 Å². The quantitative estimate of drug-likeness (QED) is 0.764. The summed E-state index contributed by atoms with van der Waals surface area (Å²) in [4.78, 5) is 7.83. The number of aromatic nitrogens is 2. The number of fused-ring (bicyclic) bond motifs is 1. The Morgan fingerprint density at radius 3 is 2.71 bits per heavy atom. The van der Waals surface area contributed by atoms with Crippen LogP contribution in [-0.4, -0.2) is 15.1 Å². The Kier molecular flexibility index (Phi) is 2.31. The standard InChI is InChI=1S/C8H5Cl2N3O/c9-13(10)8-7-5(11-4-12-8)2-1-3-6(7)14/h1-4,14H. The molecule has 0 saturated heterocycles. The average molecular weight is 230 g/mol. The lowest BCUT2D eigenvalue weighted by Gasteiger charge is -2.08. The van der Waals surface area contributed by atoms with Gasteiger partial charge in [-0.3, -0.25) is 0 Å². The maximum absolute atomic E-state index is 9.58. The molecule has 0 spiro atoms. The molecule has 0 fully saturated rings. The van der Waals surface area contributed by atoms with Crippen LogP contribution >= 0.6 is 23.6 Å². The zero-order valence-electron chi connectivity index (χ0n) is 6.85. The second-order valence-electron chi connectivity index (χ2n) is 2.60. The molecule has 0 amide bonds. The van der Waals surface area contributed by atoms with Crippen molar-refractivity contribution in [2.24, 2.45) is 0 Å². The number of phenols is 1. The number of nitrogens with zero attached hydrogens (tertiary/aromatic N) is 3. The summed E-state index contributed by atoms with van der Waals surface area (Å²) in [6, 6.07) is 4.94. The molecule has 14 heavy (non-hydrogen) atoms. The minimum atomic E-state index is 0.0457. The lowest BCUT2D eigenvalue weighted by molar-refractivity contribution is 0.481. The molecule has 1 heterocycles. The van der Waals surface area contributed by atoms with Crippen LogP contribution in [0.4, 0.5) is 5.82 Å². The molecular weight excluding hydrogens is 225 g/mol. The first-order valence-electron chi connectivity index (χ1n) is 3.74. The van der Waals surface area contributed by atoms with E-state index in [1.165, 1.54) is 12.4 Å². The number of anilines is 1. The third kappa shape index (κ3) is 1.42. The van der Waals surface area contributed by atoms with Crippen molar-refractivity contribution in [3.8, 4) is 5.75 Å². The fourth-order valence-corrected chi connectivity index (χ4v) is 1.46. The molecule has 1 aromatic carbocycles. The van der Waals surface area contributed by atoms with Gasteiger partial charge < -0.3 is 5.11 Å². The second kappa shape index (κ2) is 3.48. The fourth-order valence-electron chi connectivity index (χ4n) is 1.20. The molecule has 2 rings (SSSR count). The fraction of sp³-hybridized carbons (Fsp3) is 0. The molecule has 72 valence electrons. The smallest absolute Gasteiger partial charge is 0.174 e. The number of hydrogen-bond donors (Lipinski definition) is 1. The maximum atomic E-state index is 9.58. The summed E-state index contributed by atoms with van der Waals surface area (Å²) in [7, 11) is 0. The minimum absolute atomic E-state index is 0.0457. The van der Waals surface area contributed by atoms with E-state index in [0.29, 0.717) is 10.9 Å². The number of rotatable bonds is 1. The Labute approximate surface area is 89.9 Å². The zero-order valence-corrected chi connectivity index (χ0v) is 8.37. The Bertz CT molecular complexity index is 470. The number of halogens is 2. The van der Waals surface area contributed by atoms with E-state index in [0.717, 1.165) is 3.94 Å². The molecular formula is C8H5Cl2N3O. The number of benzene rings is 1. The molecule has 0 aliphatic carbocycles. The van der Waals surface area contributed by atoms with Gasteiger partial charge in [0, 0.05) is 23.6 Å². The molecule has 0 atom stereocenters. The van der Waals surface area contributed by atoms with Crippen molar-refractivity contribution in [2.45, 2.75) is 0 Å². The largest absolute Gasteiger partial charge is 0.507 e. The zero-order chi connectivity index (χ0) is 10.1. The van der Waals surface area contributed by atoms with Gasteiger partial charge in [-0.25, -0.2) is 9.97 Å². The second-order valence-corrected chi connectivity index (χ2v) is 3.45. The van der Waals surface area contributed by atoms with Gasteiger partial charge in [0.2, 0.25) is 0 Å². The molecule has 0 saturated carbocycles. The van der Waals surface area contributed by atoms with Crippen LogP contribution < -0.4 is 3.94 Å². The monoisotopic (exact) mass is 229 g/mol. The van der Waals surface area contributed by atoms with E-state index in [1.807, 2.05) is 0 Å². The number of aromatic hydroxyl groups is 1. The van der Waals surface area contributed by atoms with Gasteiger partial charge >= 0.3 is 0 Å². The molecule has 0 aliphatic rings. The predicted octanol–water partition coefficient (Wildman–Crippen LogP) is 2.45. The summed E-state index contributed by atoms with van der Waals surface area (Å²) < 4.78 is 0.795. The van der Waals surface area contributed by atoms with Crippen LogP contribution in [0.2, 0.25) is 0 Å². The first-order valence-corrected chi connectivity index (χ1v) is 4.42. The van der Waals surface area contributed by atoms with Gasteiger partial charge in [-0.15, -0.1) is 0 Å². The summed E-state index contributed by atoms with van der Waals surface area (Å²) in [5, 5.41) is 10.0. The van der Waals surface area contributed by atoms with Gasteiger partial charge in [0.15, 0.2) is 5.82 Å². The van der Waals surface area contributed by atoms with Crippen LogP contribution in [0.3, 0.4) is 0 Å². The van der Waals surface area contributed by atoms with Crippen molar-refractivity contribution in [1.82, 2.24) is 9.97 Å². The lowest BCUT2D eigenvalue weighted by atomic mass is 10.2. The third-order valence-corrected chi connectivity index (χ3v) is 2.10. The summed E-state index contributed by atoms with van der Waals surface area (Å²) in [5.74, 6) is 0.306. The first-order chi connectivity index (χ1) is 6.70. The Morgan fingerprint density at radius 1 is 1.21 bits per heavy atom. The molecule has 1 aromatic heterocycles. The van der Waals surface area contributed by atoms with Crippen molar-refractivity contribution in [1.29, 1.82) is 0 Å². The van der Waals surface area contributed by atoms with E-state index in [9.17, 15) is 5.11 Å². The van der Waals surface area contributed by atoms with Gasteiger partial charge in [0.05, 0.1) is 10.9 Å². The summed E-state index contributed by atoms with van der Waals surface area (Å²) in [6.07, 6.45) is 1.33. The van der Waals surface area contributed by atoms with Crippen LogP contribution in [0.1, 0.15) is 0 Å². The van der Waals surface area contributed by atoms with Gasteiger partial charge in [-0.2, -0.15) is 3.94 Å². The van der Waals surface area contributed by atoms with Gasteiger partial charge in [0.25, 0.3) is 0 Å². The van der Waals surface area contributed by atoms with Crippen molar-refractivity contribution < 1.29 is 5.11 Å². The number of phenolic OH excluding ortho intramolecular Hbond substituents is 1. The molecule has 2 aromatic rings. The lowest BCUT2D eigenvalue weighted by Crippen LogP contribution is -1.97. The van der Waals surface area contributed by atoms with Gasteiger partial charge in [-0.1, -0.05) is 6.07 Å². The van der Waals surface area contributed by atoms with Gasteiger partial charge in [-0.05, 0) is 12.1 Å². The van der Waals surface area contributed by atoms with Crippen LogP contribution in [0.5, 0.6) is 5.75 Å². The topological polar surface area (TPSA) is 49.3 Å². The average Bonchev–Trinajstić information content (AvgIpc) is 2.17. The molecule has 0 unspecified atom stereocenters. The normalized spacial score (nSPS) is 10.4. The Hall–Kier alpha value is -1.26. The highest BCUT2D eigenvalue weighted by molar-refractivity contribution is 6.50. The minimum Gasteiger partial charge on any atom is -0.507 e. The number of hydrogen-bond acceptors (Lipinski definition) is 4.